The molecule has 0 aliphatic rings. The van der Waals surface area contributed by atoms with Crippen molar-refractivity contribution in [3.63, 3.8) is 0 Å². The van der Waals surface area contributed by atoms with Gasteiger partial charge in [-0.15, -0.1) is 0 Å². The smallest absolute Gasteiger partial charge is 0.447 e. The molecule has 2 aromatic carbocycles. The van der Waals surface area contributed by atoms with Crippen LogP contribution in [0.5, 0.6) is 0 Å². The molecule has 188 valence electrons. The van der Waals surface area contributed by atoms with Gasteiger partial charge in [-0.25, -0.2) is 19.8 Å². The van der Waals surface area contributed by atoms with Crippen molar-refractivity contribution in [1.29, 1.82) is 5.41 Å². The van der Waals surface area contributed by atoms with E-state index in [1.165, 1.54) is 14.0 Å². The Morgan fingerprint density at radius 3 is 2.11 bits per heavy atom. The Kier molecular flexibility index (Phi) is 10.9. The van der Waals surface area contributed by atoms with Crippen LogP contribution in [0.15, 0.2) is 60.7 Å². The summed E-state index contributed by atoms with van der Waals surface area (Å²) < 4.78 is 4.44. The predicted octanol–water partition coefficient (Wildman–Crippen LogP) is 4.77. The standard InChI is InChI=1S/C26H34N3O6/c1-4-5-19-33-26(32)28(34-24(31)18-12-17-22-13-8-6-9-14-22)25(27)29(3,35-21(2)30)20-23-15-10-7-11-16-23/h6-11,13-16,27H,4-5,12,17-20H2,1-3H3/q+1. The van der Waals surface area contributed by atoms with Gasteiger partial charge in [-0.3, -0.25) is 4.84 Å². The molecule has 0 aliphatic heterocycles. The Balaban J connectivity index is 2.18. The number of hydrogen-bond donors (Lipinski definition) is 1. The molecule has 0 spiro atoms. The van der Waals surface area contributed by atoms with Crippen molar-refractivity contribution in [3.05, 3.63) is 71.8 Å². The number of nitrogens with one attached hydrogen (secondary N) is 1. The van der Waals surface area contributed by atoms with E-state index in [2.05, 4.69) is 0 Å². The number of hydroxylamine groups is 5. The summed E-state index contributed by atoms with van der Waals surface area (Å²) in [5.74, 6) is -1.93. The normalized spacial score (nSPS) is 12.2. The number of aryl methyl sites for hydroxylation is 1. The summed E-state index contributed by atoms with van der Waals surface area (Å²) in [7, 11) is 1.44. The van der Waals surface area contributed by atoms with Crippen molar-refractivity contribution >= 4 is 24.0 Å². The van der Waals surface area contributed by atoms with Crippen LogP contribution in [0.4, 0.5) is 4.79 Å². The third-order valence-electron chi connectivity index (χ3n) is 5.07. The molecule has 0 bridgehead atoms. The zero-order valence-electron chi connectivity index (χ0n) is 20.6. The van der Waals surface area contributed by atoms with Crippen LogP contribution in [0.2, 0.25) is 0 Å². The predicted molar refractivity (Wildman–Crippen MR) is 129 cm³/mol. The Bertz CT molecular complexity index is 983. The van der Waals surface area contributed by atoms with E-state index in [0.717, 1.165) is 17.5 Å². The highest BCUT2D eigenvalue weighted by atomic mass is 16.8. The molecule has 0 radical (unpaired) electrons. The van der Waals surface area contributed by atoms with E-state index in [4.69, 9.17) is 19.8 Å². The first-order chi connectivity index (χ1) is 16.7. The van der Waals surface area contributed by atoms with E-state index >= 15 is 0 Å². The highest BCUT2D eigenvalue weighted by molar-refractivity contribution is 5.89. The van der Waals surface area contributed by atoms with Crippen LogP contribution in [0.1, 0.15) is 50.7 Å². The average Bonchev–Trinajstić information content (AvgIpc) is 2.83. The van der Waals surface area contributed by atoms with Gasteiger partial charge in [0.15, 0.2) is 6.54 Å². The summed E-state index contributed by atoms with van der Waals surface area (Å²) in [4.78, 5) is 48.0. The van der Waals surface area contributed by atoms with Gasteiger partial charge in [0.25, 0.3) is 0 Å². The fraction of sp³-hybridized carbons (Fsp3) is 0.385. The summed E-state index contributed by atoms with van der Waals surface area (Å²) in [6.07, 6.45) is 1.55. The first-order valence-electron chi connectivity index (χ1n) is 11.7. The Labute approximate surface area is 206 Å². The number of benzene rings is 2. The van der Waals surface area contributed by atoms with E-state index in [9.17, 15) is 14.4 Å². The maximum atomic E-state index is 12.8. The number of quaternary nitrogens is 1. The van der Waals surface area contributed by atoms with Gasteiger partial charge in [0.1, 0.15) is 7.05 Å². The molecule has 35 heavy (non-hydrogen) atoms. The molecule has 2 rings (SSSR count). The van der Waals surface area contributed by atoms with Gasteiger partial charge in [-0.1, -0.05) is 78.7 Å². The van der Waals surface area contributed by atoms with Crippen molar-refractivity contribution in [2.45, 2.75) is 52.5 Å². The third-order valence-corrected chi connectivity index (χ3v) is 5.07. The van der Waals surface area contributed by atoms with E-state index < -0.39 is 28.6 Å². The molecule has 9 heteroatoms. The lowest BCUT2D eigenvalue weighted by Gasteiger charge is -2.32. The highest BCUT2D eigenvalue weighted by Gasteiger charge is 2.44. The van der Waals surface area contributed by atoms with E-state index in [0.29, 0.717) is 24.3 Å². The second kappa shape index (κ2) is 13.9. The Morgan fingerprint density at radius 1 is 0.943 bits per heavy atom. The minimum atomic E-state index is -1.02. The summed E-state index contributed by atoms with van der Waals surface area (Å²) in [5.41, 5.74) is 1.82. The van der Waals surface area contributed by atoms with Crippen LogP contribution in [0, 0.1) is 5.41 Å². The largest absolute Gasteiger partial charge is 0.454 e. The van der Waals surface area contributed by atoms with Crippen molar-refractivity contribution in [2.75, 3.05) is 13.7 Å². The van der Waals surface area contributed by atoms with Crippen LogP contribution in [0.25, 0.3) is 0 Å². The van der Waals surface area contributed by atoms with Crippen LogP contribution in [0.3, 0.4) is 0 Å². The highest BCUT2D eigenvalue weighted by Crippen LogP contribution is 2.18. The lowest BCUT2D eigenvalue weighted by molar-refractivity contribution is -1.02. The number of carbonyl (C=O) groups is 3. The molecule has 9 nitrogen and oxygen atoms in total. The SMILES string of the molecule is CCCCOC(=O)N(OC(=O)CCCc1ccccc1)C(=N)[N+](C)(Cc1ccccc1)OC(C)=O. The van der Waals surface area contributed by atoms with E-state index in [1.807, 2.05) is 43.3 Å². The molecule has 1 N–H and O–H groups in total. The van der Waals surface area contributed by atoms with E-state index in [1.54, 1.807) is 24.3 Å². The Morgan fingerprint density at radius 2 is 1.54 bits per heavy atom. The second-order valence-corrected chi connectivity index (χ2v) is 8.22. The number of amides is 1. The molecule has 0 aromatic heterocycles. The fourth-order valence-electron chi connectivity index (χ4n) is 3.32. The van der Waals surface area contributed by atoms with Crippen molar-refractivity contribution in [3.8, 4) is 0 Å². The number of rotatable bonds is 9. The lowest BCUT2D eigenvalue weighted by atomic mass is 10.1. The van der Waals surface area contributed by atoms with E-state index in [-0.39, 0.29) is 19.6 Å². The molecular formula is C26H34N3O6+. The van der Waals surface area contributed by atoms with Crippen LogP contribution < -0.4 is 0 Å². The van der Waals surface area contributed by atoms with Crippen LogP contribution >= 0.6 is 0 Å². The molecular weight excluding hydrogens is 450 g/mol. The maximum Gasteiger partial charge on any atom is 0.454 e. The minimum Gasteiger partial charge on any atom is -0.447 e. The average molecular weight is 485 g/mol. The summed E-state index contributed by atoms with van der Waals surface area (Å²) in [6.45, 7) is 3.27. The molecule has 0 fully saturated rings. The molecule has 0 heterocycles. The number of unbranched alkanes of at least 4 members (excludes halogenated alkanes) is 1. The molecule has 1 amide bonds. The van der Waals surface area contributed by atoms with Gasteiger partial charge in [-0.05, 0) is 29.9 Å². The van der Waals surface area contributed by atoms with Crippen molar-refractivity contribution in [1.82, 2.24) is 5.06 Å². The first-order valence-corrected chi connectivity index (χ1v) is 11.7. The first kappa shape index (κ1) is 27.5. The lowest BCUT2D eigenvalue weighted by Crippen LogP contribution is -2.58. The van der Waals surface area contributed by atoms with Crippen LogP contribution in [-0.2, 0) is 37.0 Å². The fourth-order valence-corrected chi connectivity index (χ4v) is 3.32. The number of carbonyl (C=O) groups excluding carboxylic acids is 3. The van der Waals surface area contributed by atoms with Gasteiger partial charge in [0.2, 0.25) is 0 Å². The maximum absolute atomic E-state index is 12.8. The van der Waals surface area contributed by atoms with Gasteiger partial charge in [0, 0.05) is 18.9 Å². The summed E-state index contributed by atoms with van der Waals surface area (Å²) in [5, 5.41) is 9.18. The number of guanidine groups is 1. The molecule has 1 atom stereocenters. The monoisotopic (exact) mass is 484 g/mol. The second-order valence-electron chi connectivity index (χ2n) is 8.22. The Hall–Kier alpha value is -3.72. The summed E-state index contributed by atoms with van der Waals surface area (Å²) in [6, 6.07) is 18.7. The third kappa shape index (κ3) is 9.21. The van der Waals surface area contributed by atoms with Gasteiger partial charge < -0.3 is 9.57 Å². The topological polar surface area (TPSA) is 106 Å². The van der Waals surface area contributed by atoms with Crippen LogP contribution in [-0.4, -0.2) is 47.4 Å². The number of nitrogens with zero attached hydrogens (tertiary/aromatic N) is 2. The molecule has 0 aliphatic carbocycles. The zero-order valence-corrected chi connectivity index (χ0v) is 20.6. The molecule has 2 aromatic rings. The number of hydrogen-bond acceptors (Lipinski definition) is 7. The van der Waals surface area contributed by atoms with Crippen molar-refractivity contribution < 1.29 is 33.4 Å². The summed E-state index contributed by atoms with van der Waals surface area (Å²) >= 11 is 0. The van der Waals surface area contributed by atoms with Gasteiger partial charge >= 0.3 is 24.0 Å². The molecule has 0 saturated carbocycles. The molecule has 0 saturated heterocycles. The zero-order chi connectivity index (χ0) is 25.7. The van der Waals surface area contributed by atoms with Crippen molar-refractivity contribution in [2.24, 2.45) is 0 Å². The minimum absolute atomic E-state index is 0.0247. The van der Waals surface area contributed by atoms with Gasteiger partial charge in [0.05, 0.1) is 6.61 Å². The van der Waals surface area contributed by atoms with Gasteiger partial charge in [-0.2, -0.15) is 0 Å². The number of ether oxygens (including phenoxy) is 1. The molecule has 1 unspecified atom stereocenters. The quantitative estimate of drug-likeness (QED) is 0.181.